The van der Waals surface area contributed by atoms with Crippen LogP contribution in [0.15, 0.2) is 40.8 Å². The lowest BCUT2D eigenvalue weighted by molar-refractivity contribution is -0.140. The molecule has 1 heterocycles. The van der Waals surface area contributed by atoms with Crippen LogP contribution in [0.5, 0.6) is 5.75 Å². The minimum absolute atomic E-state index is 0.0332. The van der Waals surface area contributed by atoms with Crippen LogP contribution >= 0.6 is 0 Å². The van der Waals surface area contributed by atoms with Gasteiger partial charge in [-0.15, -0.1) is 0 Å². The Morgan fingerprint density at radius 1 is 1.17 bits per heavy atom. The van der Waals surface area contributed by atoms with Gasteiger partial charge in [-0.1, -0.05) is 6.07 Å². The van der Waals surface area contributed by atoms with Crippen LogP contribution in [-0.4, -0.2) is 16.1 Å². The second kappa shape index (κ2) is 8.17. The molecule has 30 heavy (non-hydrogen) atoms. The number of aryl methyl sites for hydroxylation is 2. The summed E-state index contributed by atoms with van der Waals surface area (Å²) >= 11 is 0. The summed E-state index contributed by atoms with van der Waals surface area (Å²) in [5.41, 5.74) is 0.550. The van der Waals surface area contributed by atoms with Crippen LogP contribution < -0.4 is 4.74 Å². The maximum absolute atomic E-state index is 13.8. The minimum atomic E-state index is -4.79. The molecular weight excluding hydrogens is 406 g/mol. The Labute approximate surface area is 168 Å². The van der Waals surface area contributed by atoms with Crippen molar-refractivity contribution in [2.75, 3.05) is 0 Å². The van der Waals surface area contributed by atoms with Gasteiger partial charge in [-0.3, -0.25) is 4.79 Å². The van der Waals surface area contributed by atoms with E-state index in [9.17, 15) is 22.4 Å². The van der Waals surface area contributed by atoms with Crippen LogP contribution in [-0.2, 0) is 24.0 Å². The number of ether oxygens (including phenoxy) is 1. The van der Waals surface area contributed by atoms with Gasteiger partial charge in [-0.25, -0.2) is 9.37 Å². The molecule has 0 unspecified atom stereocenters. The topological polar surface area (TPSA) is 72.6 Å². The van der Waals surface area contributed by atoms with Crippen molar-refractivity contribution < 1.29 is 36.6 Å². The van der Waals surface area contributed by atoms with Gasteiger partial charge in [0.1, 0.15) is 18.2 Å². The Balaban J connectivity index is 1.78. The predicted octanol–water partition coefficient (Wildman–Crippen LogP) is 5.32. The van der Waals surface area contributed by atoms with Gasteiger partial charge in [0.2, 0.25) is 5.89 Å². The zero-order valence-corrected chi connectivity index (χ0v) is 16.0. The molecule has 0 saturated heterocycles. The van der Waals surface area contributed by atoms with E-state index in [1.807, 2.05) is 0 Å². The number of carboxylic acids is 1. The molecule has 9 heteroatoms. The molecule has 0 aliphatic carbocycles. The van der Waals surface area contributed by atoms with Crippen molar-refractivity contribution in [1.82, 2.24) is 4.98 Å². The van der Waals surface area contributed by atoms with E-state index in [1.165, 1.54) is 0 Å². The van der Waals surface area contributed by atoms with E-state index in [2.05, 4.69) is 4.98 Å². The highest BCUT2D eigenvalue weighted by molar-refractivity contribution is 5.71. The monoisotopic (exact) mass is 423 g/mol. The summed E-state index contributed by atoms with van der Waals surface area (Å²) in [5.74, 6) is -1.68. The molecule has 3 aromatic rings. The van der Waals surface area contributed by atoms with Crippen molar-refractivity contribution in [3.05, 3.63) is 70.4 Å². The Kier molecular flexibility index (Phi) is 5.82. The lowest BCUT2D eigenvalue weighted by Crippen LogP contribution is -2.07. The largest absolute Gasteiger partial charge is 0.486 e. The number of nitrogens with zero attached hydrogens (tertiary/aromatic N) is 1. The first-order valence-corrected chi connectivity index (χ1v) is 8.82. The maximum atomic E-state index is 13.8. The van der Waals surface area contributed by atoms with Gasteiger partial charge in [0.25, 0.3) is 0 Å². The number of alkyl halides is 3. The molecule has 1 N–H and O–H groups in total. The number of carboxylic acid groups (broad SMARTS) is 1. The zero-order valence-electron chi connectivity index (χ0n) is 16.0. The Bertz CT molecular complexity index is 1090. The molecule has 3 rings (SSSR count). The number of hydrogen-bond donors (Lipinski definition) is 1. The molecule has 0 bridgehead atoms. The third-order valence-corrected chi connectivity index (χ3v) is 4.45. The van der Waals surface area contributed by atoms with Gasteiger partial charge < -0.3 is 14.3 Å². The molecular formula is C21H17F4NO4. The van der Waals surface area contributed by atoms with Crippen LogP contribution in [0.25, 0.3) is 11.5 Å². The van der Waals surface area contributed by atoms with E-state index >= 15 is 0 Å². The molecule has 2 aromatic carbocycles. The summed E-state index contributed by atoms with van der Waals surface area (Å²) in [7, 11) is 0. The van der Waals surface area contributed by atoms with Crippen LogP contribution in [0.3, 0.4) is 0 Å². The number of rotatable bonds is 6. The number of aliphatic carboxylic acids is 1. The standard InChI is InChI=1S/C21H17F4NO4/c1-11-3-5-15(7-14(11)9-19(27)28)29-10-18-12(2)26-20(30-18)13-4-6-16(17(22)8-13)21(23,24)25/h3-8H,9-10H2,1-2H3,(H,27,28). The molecule has 5 nitrogen and oxygen atoms in total. The molecule has 0 spiro atoms. The van der Waals surface area contributed by atoms with Crippen molar-refractivity contribution in [3.8, 4) is 17.2 Å². The van der Waals surface area contributed by atoms with Crippen molar-refractivity contribution in [3.63, 3.8) is 0 Å². The van der Waals surface area contributed by atoms with Crippen LogP contribution in [0.1, 0.15) is 28.1 Å². The fourth-order valence-electron chi connectivity index (χ4n) is 2.80. The van der Waals surface area contributed by atoms with E-state index in [0.29, 0.717) is 28.8 Å². The van der Waals surface area contributed by atoms with Crippen molar-refractivity contribution in [2.45, 2.75) is 33.1 Å². The van der Waals surface area contributed by atoms with Gasteiger partial charge in [0.05, 0.1) is 17.7 Å². The maximum Gasteiger partial charge on any atom is 0.419 e. The van der Waals surface area contributed by atoms with Crippen molar-refractivity contribution in [2.24, 2.45) is 0 Å². The van der Waals surface area contributed by atoms with E-state index in [0.717, 1.165) is 17.7 Å². The summed E-state index contributed by atoms with van der Waals surface area (Å²) in [5, 5.41) is 8.97. The highest BCUT2D eigenvalue weighted by atomic mass is 19.4. The predicted molar refractivity (Wildman–Crippen MR) is 98.5 cm³/mol. The summed E-state index contributed by atoms with van der Waals surface area (Å²) in [6.07, 6.45) is -4.93. The third-order valence-electron chi connectivity index (χ3n) is 4.45. The number of hydrogen-bond acceptors (Lipinski definition) is 4. The SMILES string of the molecule is Cc1ccc(OCc2oc(-c3ccc(C(F)(F)F)c(F)c3)nc2C)cc1CC(=O)O. The average molecular weight is 423 g/mol. The molecule has 0 fully saturated rings. The highest BCUT2D eigenvalue weighted by Gasteiger charge is 2.34. The van der Waals surface area contributed by atoms with Crippen LogP contribution in [0, 0.1) is 19.7 Å². The summed E-state index contributed by atoms with van der Waals surface area (Å²) in [6.45, 7) is 3.37. The molecule has 158 valence electrons. The second-order valence-electron chi connectivity index (χ2n) is 6.67. The van der Waals surface area contributed by atoms with E-state index < -0.39 is 23.5 Å². The molecule has 0 saturated carbocycles. The molecule has 0 atom stereocenters. The van der Waals surface area contributed by atoms with E-state index in [4.69, 9.17) is 14.3 Å². The summed E-state index contributed by atoms with van der Waals surface area (Å²) < 4.78 is 63.1. The zero-order chi connectivity index (χ0) is 22.1. The molecule has 0 aliphatic heterocycles. The molecule has 1 aromatic heterocycles. The minimum Gasteiger partial charge on any atom is -0.486 e. The Morgan fingerprint density at radius 3 is 2.53 bits per heavy atom. The quantitative estimate of drug-likeness (QED) is 0.543. The fraction of sp³-hybridized carbons (Fsp3) is 0.238. The van der Waals surface area contributed by atoms with Gasteiger partial charge in [-0.05, 0) is 55.3 Å². The van der Waals surface area contributed by atoms with Gasteiger partial charge in [0.15, 0.2) is 5.76 Å². The number of carbonyl (C=O) groups is 1. The lowest BCUT2D eigenvalue weighted by atomic mass is 10.1. The number of benzene rings is 2. The Morgan fingerprint density at radius 2 is 1.90 bits per heavy atom. The normalized spacial score (nSPS) is 11.5. The summed E-state index contributed by atoms with van der Waals surface area (Å²) in [6, 6.07) is 7.46. The first kappa shape index (κ1) is 21.4. The molecule has 0 aliphatic rings. The first-order valence-electron chi connectivity index (χ1n) is 8.82. The lowest BCUT2D eigenvalue weighted by Gasteiger charge is -2.09. The van der Waals surface area contributed by atoms with E-state index in [-0.39, 0.29) is 24.5 Å². The van der Waals surface area contributed by atoms with Crippen LogP contribution in [0.4, 0.5) is 17.6 Å². The number of oxazole rings is 1. The van der Waals surface area contributed by atoms with E-state index in [1.54, 1.807) is 32.0 Å². The fourth-order valence-corrected chi connectivity index (χ4v) is 2.80. The van der Waals surface area contributed by atoms with Crippen molar-refractivity contribution >= 4 is 5.97 Å². The highest BCUT2D eigenvalue weighted by Crippen LogP contribution is 2.33. The number of aromatic nitrogens is 1. The van der Waals surface area contributed by atoms with Gasteiger partial charge >= 0.3 is 12.1 Å². The first-order chi connectivity index (χ1) is 14.0. The van der Waals surface area contributed by atoms with Crippen molar-refractivity contribution in [1.29, 1.82) is 0 Å². The molecule has 0 amide bonds. The van der Waals surface area contributed by atoms with Gasteiger partial charge in [-0.2, -0.15) is 13.2 Å². The Hall–Kier alpha value is -3.36. The third kappa shape index (κ3) is 4.79. The average Bonchev–Trinajstić information content (AvgIpc) is 3.01. The second-order valence-corrected chi connectivity index (χ2v) is 6.67. The van der Waals surface area contributed by atoms with Crippen LogP contribution in [0.2, 0.25) is 0 Å². The smallest absolute Gasteiger partial charge is 0.419 e. The van der Waals surface area contributed by atoms with Gasteiger partial charge in [0, 0.05) is 5.56 Å². The summed E-state index contributed by atoms with van der Waals surface area (Å²) in [4.78, 5) is 15.1. The molecule has 0 radical (unpaired) electrons. The number of halogens is 4.